The maximum Gasteiger partial charge on any atom is 0.123 e. The Bertz CT molecular complexity index is 608. The molecular formula is C17H18Cl2FN. The molecule has 0 aromatic heterocycles. The Morgan fingerprint density at radius 3 is 2.62 bits per heavy atom. The summed E-state index contributed by atoms with van der Waals surface area (Å²) in [4.78, 5) is 0. The van der Waals surface area contributed by atoms with Crippen LogP contribution in [0.4, 0.5) is 4.39 Å². The summed E-state index contributed by atoms with van der Waals surface area (Å²) in [5.74, 6) is -0.244. The standard InChI is InChI=1S/C17H18Cl2FN/c1-3-7-21-17(12-8-11(2)9-13(20)10-12)14-5-4-6-15(18)16(14)19/h4-6,8-10,17,21H,3,7H2,1-2H3. The van der Waals surface area contributed by atoms with Gasteiger partial charge in [-0.3, -0.25) is 0 Å². The summed E-state index contributed by atoms with van der Waals surface area (Å²) in [5.41, 5.74) is 2.60. The van der Waals surface area contributed by atoms with E-state index in [-0.39, 0.29) is 11.9 Å². The number of hydrogen-bond donors (Lipinski definition) is 1. The van der Waals surface area contributed by atoms with Gasteiger partial charge in [-0.05, 0) is 54.8 Å². The second kappa shape index (κ2) is 7.26. The Hall–Kier alpha value is -1.09. The van der Waals surface area contributed by atoms with Crippen LogP contribution >= 0.6 is 23.2 Å². The molecule has 0 bridgehead atoms. The average molecular weight is 326 g/mol. The monoisotopic (exact) mass is 325 g/mol. The predicted octanol–water partition coefficient (Wildman–Crippen LogP) is 5.53. The highest BCUT2D eigenvalue weighted by Gasteiger charge is 2.18. The first-order valence-corrected chi connectivity index (χ1v) is 7.73. The highest BCUT2D eigenvalue weighted by molar-refractivity contribution is 6.42. The minimum atomic E-state index is -0.244. The minimum absolute atomic E-state index is 0.175. The Kier molecular flexibility index (Phi) is 5.63. The molecule has 1 unspecified atom stereocenters. The first-order chi connectivity index (χ1) is 10.0. The molecule has 0 saturated heterocycles. The van der Waals surface area contributed by atoms with Crippen LogP contribution < -0.4 is 5.32 Å². The number of halogens is 3. The molecule has 1 nitrogen and oxygen atoms in total. The van der Waals surface area contributed by atoms with E-state index in [1.807, 2.05) is 25.1 Å². The summed E-state index contributed by atoms with van der Waals surface area (Å²) in [5, 5.41) is 4.43. The van der Waals surface area contributed by atoms with Crippen LogP contribution in [0.5, 0.6) is 0 Å². The van der Waals surface area contributed by atoms with Gasteiger partial charge in [0, 0.05) is 0 Å². The van der Waals surface area contributed by atoms with Gasteiger partial charge in [-0.2, -0.15) is 0 Å². The molecular weight excluding hydrogens is 308 g/mol. The third-order valence-corrected chi connectivity index (χ3v) is 4.12. The summed E-state index contributed by atoms with van der Waals surface area (Å²) in [6.07, 6.45) is 0.975. The van der Waals surface area contributed by atoms with Gasteiger partial charge in [-0.25, -0.2) is 4.39 Å². The maximum absolute atomic E-state index is 13.7. The molecule has 0 spiro atoms. The molecule has 1 N–H and O–H groups in total. The van der Waals surface area contributed by atoms with Crippen LogP contribution in [0, 0.1) is 12.7 Å². The van der Waals surface area contributed by atoms with Gasteiger partial charge in [-0.1, -0.05) is 48.3 Å². The molecule has 0 aliphatic rings. The lowest BCUT2D eigenvalue weighted by atomic mass is 9.97. The first kappa shape index (κ1) is 16.3. The van der Waals surface area contributed by atoms with E-state index >= 15 is 0 Å². The molecule has 0 fully saturated rings. The lowest BCUT2D eigenvalue weighted by Crippen LogP contribution is -2.23. The maximum atomic E-state index is 13.7. The molecule has 1 atom stereocenters. The molecule has 0 radical (unpaired) electrons. The third-order valence-electron chi connectivity index (χ3n) is 3.29. The van der Waals surface area contributed by atoms with Gasteiger partial charge in [-0.15, -0.1) is 0 Å². The summed E-state index contributed by atoms with van der Waals surface area (Å²) < 4.78 is 13.7. The number of benzene rings is 2. The van der Waals surface area contributed by atoms with Crippen molar-refractivity contribution in [2.75, 3.05) is 6.54 Å². The van der Waals surface area contributed by atoms with E-state index in [9.17, 15) is 4.39 Å². The van der Waals surface area contributed by atoms with Crippen LogP contribution in [0.1, 0.15) is 36.1 Å². The lowest BCUT2D eigenvalue weighted by molar-refractivity contribution is 0.585. The van der Waals surface area contributed by atoms with E-state index < -0.39 is 0 Å². The van der Waals surface area contributed by atoms with Gasteiger partial charge < -0.3 is 5.32 Å². The molecule has 0 amide bonds. The Morgan fingerprint density at radius 1 is 1.19 bits per heavy atom. The Morgan fingerprint density at radius 2 is 1.95 bits per heavy atom. The number of rotatable bonds is 5. The van der Waals surface area contributed by atoms with Crippen molar-refractivity contribution in [1.82, 2.24) is 5.32 Å². The van der Waals surface area contributed by atoms with Crippen LogP contribution in [0.25, 0.3) is 0 Å². The second-order valence-electron chi connectivity index (χ2n) is 5.09. The van der Waals surface area contributed by atoms with E-state index in [1.54, 1.807) is 6.07 Å². The van der Waals surface area contributed by atoms with Gasteiger partial charge in [0.25, 0.3) is 0 Å². The highest BCUT2D eigenvalue weighted by Crippen LogP contribution is 2.33. The van der Waals surface area contributed by atoms with E-state index in [1.165, 1.54) is 12.1 Å². The van der Waals surface area contributed by atoms with Gasteiger partial charge in [0.1, 0.15) is 5.82 Å². The first-order valence-electron chi connectivity index (χ1n) is 6.97. The molecule has 0 aliphatic carbocycles. The molecule has 0 heterocycles. The average Bonchev–Trinajstić information content (AvgIpc) is 2.42. The number of hydrogen-bond acceptors (Lipinski definition) is 1. The van der Waals surface area contributed by atoms with Gasteiger partial charge in [0.2, 0.25) is 0 Å². The van der Waals surface area contributed by atoms with Crippen LogP contribution in [0.2, 0.25) is 10.0 Å². The molecule has 2 rings (SSSR count). The zero-order valence-electron chi connectivity index (χ0n) is 12.1. The van der Waals surface area contributed by atoms with Crippen LogP contribution in [-0.2, 0) is 0 Å². The SMILES string of the molecule is CCCNC(c1cc(C)cc(F)c1)c1cccc(Cl)c1Cl. The van der Waals surface area contributed by atoms with Crippen molar-refractivity contribution in [1.29, 1.82) is 0 Å². The van der Waals surface area contributed by atoms with Crippen molar-refractivity contribution in [3.8, 4) is 0 Å². The van der Waals surface area contributed by atoms with Crippen molar-refractivity contribution < 1.29 is 4.39 Å². The Balaban J connectivity index is 2.49. The number of aryl methyl sites for hydroxylation is 1. The fraction of sp³-hybridized carbons (Fsp3) is 0.294. The van der Waals surface area contributed by atoms with E-state index in [0.29, 0.717) is 10.0 Å². The van der Waals surface area contributed by atoms with Crippen molar-refractivity contribution in [2.24, 2.45) is 0 Å². The second-order valence-corrected chi connectivity index (χ2v) is 5.88. The summed E-state index contributed by atoms with van der Waals surface area (Å²) in [6, 6.07) is 10.4. The predicted molar refractivity (Wildman–Crippen MR) is 87.7 cm³/mol. The fourth-order valence-electron chi connectivity index (χ4n) is 2.37. The van der Waals surface area contributed by atoms with Crippen LogP contribution in [0.15, 0.2) is 36.4 Å². The normalized spacial score (nSPS) is 12.4. The molecule has 4 heteroatoms. The molecule has 0 aliphatic heterocycles. The Labute approximate surface area is 135 Å². The molecule has 112 valence electrons. The van der Waals surface area contributed by atoms with Gasteiger partial charge >= 0.3 is 0 Å². The third kappa shape index (κ3) is 3.97. The smallest absolute Gasteiger partial charge is 0.123 e. The van der Waals surface area contributed by atoms with Crippen molar-refractivity contribution >= 4 is 23.2 Å². The van der Waals surface area contributed by atoms with Crippen molar-refractivity contribution in [3.63, 3.8) is 0 Å². The van der Waals surface area contributed by atoms with E-state index in [4.69, 9.17) is 23.2 Å². The molecule has 2 aromatic carbocycles. The zero-order chi connectivity index (χ0) is 15.4. The largest absolute Gasteiger partial charge is 0.306 e. The zero-order valence-corrected chi connectivity index (χ0v) is 13.6. The highest BCUT2D eigenvalue weighted by atomic mass is 35.5. The fourth-order valence-corrected chi connectivity index (χ4v) is 2.79. The number of nitrogens with one attached hydrogen (secondary N) is 1. The topological polar surface area (TPSA) is 12.0 Å². The summed E-state index contributed by atoms with van der Waals surface area (Å²) in [6.45, 7) is 4.77. The quantitative estimate of drug-likeness (QED) is 0.762. The van der Waals surface area contributed by atoms with Crippen LogP contribution in [-0.4, -0.2) is 6.54 Å². The molecule has 0 saturated carbocycles. The van der Waals surface area contributed by atoms with E-state index in [0.717, 1.165) is 29.7 Å². The molecule has 21 heavy (non-hydrogen) atoms. The summed E-state index contributed by atoms with van der Waals surface area (Å²) in [7, 11) is 0. The van der Waals surface area contributed by atoms with E-state index in [2.05, 4.69) is 12.2 Å². The lowest BCUT2D eigenvalue weighted by Gasteiger charge is -2.21. The van der Waals surface area contributed by atoms with Crippen LogP contribution in [0.3, 0.4) is 0 Å². The summed E-state index contributed by atoms with van der Waals surface area (Å²) >= 11 is 12.4. The van der Waals surface area contributed by atoms with Gasteiger partial charge in [0.05, 0.1) is 16.1 Å². The molecule has 2 aromatic rings. The van der Waals surface area contributed by atoms with Gasteiger partial charge in [0.15, 0.2) is 0 Å². The minimum Gasteiger partial charge on any atom is -0.306 e. The van der Waals surface area contributed by atoms with Crippen molar-refractivity contribution in [3.05, 3.63) is 69.0 Å². The van der Waals surface area contributed by atoms with Crippen molar-refractivity contribution in [2.45, 2.75) is 26.3 Å².